The van der Waals surface area contributed by atoms with E-state index in [-0.39, 0.29) is 11.6 Å². The van der Waals surface area contributed by atoms with Crippen LogP contribution in [0.5, 0.6) is 0 Å². The first-order valence-electron chi connectivity index (χ1n) is 7.40. The third kappa shape index (κ3) is 2.40. The van der Waals surface area contributed by atoms with Gasteiger partial charge in [0.05, 0.1) is 5.56 Å². The van der Waals surface area contributed by atoms with Gasteiger partial charge >= 0.3 is 0 Å². The molecule has 23 heavy (non-hydrogen) atoms. The highest BCUT2D eigenvalue weighted by Gasteiger charge is 2.24. The number of carbonyl (C=O) groups is 1. The number of carbonyl (C=O) groups excluding carboxylic acids is 1. The topological polar surface area (TPSA) is 30.2 Å². The highest BCUT2D eigenvalue weighted by molar-refractivity contribution is 6.15. The Morgan fingerprint density at radius 2 is 1.65 bits per heavy atom. The molecule has 0 spiro atoms. The van der Waals surface area contributed by atoms with Crippen molar-refractivity contribution in [3.63, 3.8) is 0 Å². The van der Waals surface area contributed by atoms with E-state index in [4.69, 9.17) is 4.42 Å². The van der Waals surface area contributed by atoms with Gasteiger partial charge in [-0.3, -0.25) is 4.79 Å². The number of fused-ring (bicyclic) bond motifs is 1. The largest absolute Gasteiger partial charge is 0.457 e. The zero-order valence-electron chi connectivity index (χ0n) is 12.3. The average molecular weight is 304 g/mol. The molecule has 0 N–H and O–H groups in total. The highest BCUT2D eigenvalue weighted by Crippen LogP contribution is 2.30. The van der Waals surface area contributed by atoms with Crippen LogP contribution >= 0.6 is 0 Å². The first-order chi connectivity index (χ1) is 11.2. The fourth-order valence-electron chi connectivity index (χ4n) is 2.88. The smallest absolute Gasteiger partial charge is 0.189 e. The number of allylic oxidation sites excluding steroid dienone is 1. The lowest BCUT2D eigenvalue weighted by atomic mass is 10.1. The van der Waals surface area contributed by atoms with E-state index in [1.54, 1.807) is 36.4 Å². The van der Waals surface area contributed by atoms with Crippen LogP contribution in [0.3, 0.4) is 0 Å². The highest BCUT2D eigenvalue weighted by atomic mass is 19.1. The molecule has 2 nitrogen and oxygen atoms in total. The monoisotopic (exact) mass is 304 g/mol. The molecule has 0 saturated carbocycles. The minimum atomic E-state index is -0.328. The van der Waals surface area contributed by atoms with Crippen molar-refractivity contribution < 1.29 is 13.6 Å². The lowest BCUT2D eigenvalue weighted by molar-refractivity contribution is 0.104. The Labute approximate surface area is 132 Å². The molecule has 0 radical (unpaired) electrons. The number of hydrogen-bond donors (Lipinski definition) is 0. The van der Waals surface area contributed by atoms with Gasteiger partial charge < -0.3 is 4.42 Å². The summed E-state index contributed by atoms with van der Waals surface area (Å²) in [6.45, 7) is 0. The van der Waals surface area contributed by atoms with Crippen molar-refractivity contribution in [2.75, 3.05) is 0 Å². The first-order valence-corrected chi connectivity index (χ1v) is 7.40. The summed E-state index contributed by atoms with van der Waals surface area (Å²) in [6, 6.07) is 17.5. The van der Waals surface area contributed by atoms with Crippen molar-refractivity contribution >= 4 is 11.9 Å². The van der Waals surface area contributed by atoms with Crippen LogP contribution in [0.25, 0.3) is 17.4 Å². The summed E-state index contributed by atoms with van der Waals surface area (Å²) in [5, 5.41) is 0. The van der Waals surface area contributed by atoms with E-state index in [2.05, 4.69) is 0 Å². The molecule has 3 heteroatoms. The molecule has 1 heterocycles. The molecular formula is C20H13FO2. The first kappa shape index (κ1) is 13.7. The van der Waals surface area contributed by atoms with Crippen LogP contribution in [0.1, 0.15) is 21.7 Å². The molecule has 1 aromatic heterocycles. The van der Waals surface area contributed by atoms with E-state index in [1.165, 1.54) is 6.07 Å². The van der Waals surface area contributed by atoms with Gasteiger partial charge in [0.2, 0.25) is 0 Å². The van der Waals surface area contributed by atoms with Gasteiger partial charge in [-0.05, 0) is 35.9 Å². The molecule has 0 bridgehead atoms. The van der Waals surface area contributed by atoms with Gasteiger partial charge in [-0.25, -0.2) is 4.39 Å². The lowest BCUT2D eigenvalue weighted by Crippen LogP contribution is -1.94. The maximum absolute atomic E-state index is 13.8. The van der Waals surface area contributed by atoms with Crippen molar-refractivity contribution in [2.45, 2.75) is 6.42 Å². The molecule has 0 saturated heterocycles. The molecule has 1 aliphatic rings. The van der Waals surface area contributed by atoms with Crippen LogP contribution in [0.2, 0.25) is 0 Å². The second-order valence-electron chi connectivity index (χ2n) is 5.51. The van der Waals surface area contributed by atoms with Crippen molar-refractivity contribution in [2.24, 2.45) is 0 Å². The Balaban J connectivity index is 1.67. The molecular weight excluding hydrogens is 291 g/mol. The number of benzene rings is 2. The van der Waals surface area contributed by atoms with Crippen molar-refractivity contribution in [1.82, 2.24) is 0 Å². The predicted octanol–water partition coefficient (Wildman–Crippen LogP) is 4.91. The van der Waals surface area contributed by atoms with Gasteiger partial charge in [-0.2, -0.15) is 0 Å². The minimum absolute atomic E-state index is 0.0319. The van der Waals surface area contributed by atoms with Crippen LogP contribution in [0.4, 0.5) is 4.39 Å². The number of Topliss-reactive ketones (excluding diaryl/α,β-unsaturated/α-hetero) is 1. The molecule has 112 valence electrons. The Bertz CT molecular complexity index is 934. The minimum Gasteiger partial charge on any atom is -0.457 e. The van der Waals surface area contributed by atoms with Crippen LogP contribution in [0, 0.1) is 5.82 Å². The standard InChI is InChI=1S/C20H13FO2/c21-18-8-4-3-7-17(18)19-10-9-15(23-19)12-14-11-13-5-1-2-6-16(13)20(14)22/h1-10,12H,11H2/b14-12+. The predicted molar refractivity (Wildman–Crippen MR) is 86.6 cm³/mol. The number of halogens is 1. The molecule has 0 fully saturated rings. The third-order valence-electron chi connectivity index (χ3n) is 4.02. The van der Waals surface area contributed by atoms with E-state index in [9.17, 15) is 9.18 Å². The van der Waals surface area contributed by atoms with Crippen LogP contribution in [-0.4, -0.2) is 5.78 Å². The fourth-order valence-corrected chi connectivity index (χ4v) is 2.88. The summed E-state index contributed by atoms with van der Waals surface area (Å²) in [5.41, 5.74) is 2.89. The number of rotatable bonds is 2. The number of ketones is 1. The molecule has 4 rings (SSSR count). The molecule has 0 unspecified atom stereocenters. The summed E-state index contributed by atoms with van der Waals surface area (Å²) in [4.78, 5) is 12.4. The van der Waals surface area contributed by atoms with E-state index < -0.39 is 0 Å². The van der Waals surface area contributed by atoms with Crippen molar-refractivity contribution in [3.8, 4) is 11.3 Å². The van der Waals surface area contributed by atoms with Gasteiger partial charge in [0.25, 0.3) is 0 Å². The lowest BCUT2D eigenvalue weighted by Gasteiger charge is -1.98. The summed E-state index contributed by atoms with van der Waals surface area (Å²) in [5.74, 6) is 0.715. The van der Waals surface area contributed by atoms with E-state index >= 15 is 0 Å². The molecule has 0 aliphatic heterocycles. The maximum atomic E-state index is 13.8. The number of furan rings is 1. The Morgan fingerprint density at radius 1 is 0.913 bits per heavy atom. The SMILES string of the molecule is O=C1/C(=C/c2ccc(-c3ccccc3F)o2)Cc2ccccc21. The molecule has 0 atom stereocenters. The van der Waals surface area contributed by atoms with Crippen molar-refractivity contribution in [1.29, 1.82) is 0 Å². The van der Waals surface area contributed by atoms with Crippen LogP contribution in [-0.2, 0) is 6.42 Å². The second kappa shape index (κ2) is 5.36. The summed E-state index contributed by atoms with van der Waals surface area (Å²) < 4.78 is 19.5. The van der Waals surface area contributed by atoms with E-state index in [1.807, 2.05) is 24.3 Å². The van der Waals surface area contributed by atoms with E-state index in [0.29, 0.717) is 29.1 Å². The van der Waals surface area contributed by atoms with Gasteiger partial charge in [0.1, 0.15) is 17.3 Å². The summed E-state index contributed by atoms with van der Waals surface area (Å²) >= 11 is 0. The van der Waals surface area contributed by atoms with Gasteiger partial charge in [-0.15, -0.1) is 0 Å². The summed E-state index contributed by atoms with van der Waals surface area (Å²) in [6.07, 6.45) is 2.34. The van der Waals surface area contributed by atoms with Crippen molar-refractivity contribution in [3.05, 3.63) is 88.9 Å². The second-order valence-corrected chi connectivity index (χ2v) is 5.51. The third-order valence-corrected chi connectivity index (χ3v) is 4.02. The van der Waals surface area contributed by atoms with Crippen LogP contribution in [0.15, 0.2) is 70.7 Å². The molecule has 0 amide bonds. The van der Waals surface area contributed by atoms with Gasteiger partial charge in [-0.1, -0.05) is 36.4 Å². The number of hydrogen-bond acceptors (Lipinski definition) is 2. The molecule has 2 aromatic carbocycles. The Morgan fingerprint density at radius 3 is 2.43 bits per heavy atom. The Kier molecular flexibility index (Phi) is 3.19. The quantitative estimate of drug-likeness (QED) is 0.630. The van der Waals surface area contributed by atoms with Gasteiger partial charge in [0, 0.05) is 17.6 Å². The molecule has 1 aliphatic carbocycles. The summed E-state index contributed by atoms with van der Waals surface area (Å²) in [7, 11) is 0. The molecule has 3 aromatic rings. The maximum Gasteiger partial charge on any atom is 0.189 e. The zero-order chi connectivity index (χ0) is 15.8. The van der Waals surface area contributed by atoms with E-state index in [0.717, 1.165) is 11.1 Å². The van der Waals surface area contributed by atoms with Crippen LogP contribution < -0.4 is 0 Å². The van der Waals surface area contributed by atoms with Gasteiger partial charge in [0.15, 0.2) is 5.78 Å². The zero-order valence-corrected chi connectivity index (χ0v) is 12.3. The fraction of sp³-hybridized carbons (Fsp3) is 0.0500. The normalized spacial score (nSPS) is 15.2. The average Bonchev–Trinajstić information content (AvgIpc) is 3.14. The Hall–Kier alpha value is -2.94.